The average molecular weight is 272 g/mol. The zero-order chi connectivity index (χ0) is 15.1. The quantitative estimate of drug-likeness (QED) is 0.773. The van der Waals surface area contributed by atoms with E-state index in [9.17, 15) is 4.79 Å². The lowest BCUT2D eigenvalue weighted by atomic mass is 10.1. The second-order valence-electron chi connectivity index (χ2n) is 6.56. The Bertz CT molecular complexity index is 261. The maximum Gasteiger partial charge on any atom is 0.410 e. The van der Waals surface area contributed by atoms with Gasteiger partial charge in [0, 0.05) is 19.6 Å². The van der Waals surface area contributed by atoms with E-state index < -0.39 is 5.60 Å². The van der Waals surface area contributed by atoms with Gasteiger partial charge in [0.25, 0.3) is 0 Å². The third-order valence-electron chi connectivity index (χ3n) is 2.83. The van der Waals surface area contributed by atoms with Crippen molar-refractivity contribution in [1.29, 1.82) is 0 Å². The Hall–Kier alpha value is -0.770. The normalized spacial score (nSPS) is 14.9. The molecule has 0 radical (unpaired) electrons. The van der Waals surface area contributed by atoms with Gasteiger partial charge in [-0.15, -0.1) is 0 Å². The minimum atomic E-state index is -0.428. The van der Waals surface area contributed by atoms with Crippen molar-refractivity contribution in [3.05, 3.63) is 0 Å². The molecule has 0 aromatic carbocycles. The molecule has 4 nitrogen and oxygen atoms in total. The van der Waals surface area contributed by atoms with Crippen LogP contribution in [0.4, 0.5) is 4.79 Å². The van der Waals surface area contributed by atoms with Crippen LogP contribution in [0.15, 0.2) is 0 Å². The third-order valence-corrected chi connectivity index (χ3v) is 2.83. The molecule has 0 rings (SSSR count). The molecule has 114 valence electrons. The Morgan fingerprint density at radius 3 is 2.37 bits per heavy atom. The van der Waals surface area contributed by atoms with Gasteiger partial charge in [0.2, 0.25) is 0 Å². The van der Waals surface area contributed by atoms with Gasteiger partial charge < -0.3 is 15.0 Å². The van der Waals surface area contributed by atoms with Gasteiger partial charge in [0.15, 0.2) is 0 Å². The summed E-state index contributed by atoms with van der Waals surface area (Å²) in [6.07, 6.45) is 2.13. The maximum atomic E-state index is 11.8. The van der Waals surface area contributed by atoms with Crippen LogP contribution in [0, 0.1) is 5.92 Å². The number of ether oxygens (including phenoxy) is 1. The van der Waals surface area contributed by atoms with Crippen molar-refractivity contribution >= 4 is 6.09 Å². The first-order valence-electron chi connectivity index (χ1n) is 7.33. The fourth-order valence-corrected chi connectivity index (χ4v) is 1.88. The number of carbonyl (C=O) groups is 1. The van der Waals surface area contributed by atoms with Crippen molar-refractivity contribution in [3.8, 4) is 0 Å². The second-order valence-corrected chi connectivity index (χ2v) is 6.56. The molecule has 1 N–H and O–H groups in total. The molecule has 0 aromatic heterocycles. The van der Waals surface area contributed by atoms with E-state index in [-0.39, 0.29) is 6.09 Å². The molecule has 0 aliphatic carbocycles. The molecule has 0 saturated heterocycles. The second kappa shape index (κ2) is 8.41. The molecule has 19 heavy (non-hydrogen) atoms. The van der Waals surface area contributed by atoms with Crippen LogP contribution >= 0.6 is 0 Å². The summed E-state index contributed by atoms with van der Waals surface area (Å²) in [6, 6.07) is 0.541. The van der Waals surface area contributed by atoms with Gasteiger partial charge in [-0.3, -0.25) is 0 Å². The molecule has 0 aliphatic rings. The van der Waals surface area contributed by atoms with E-state index in [0.717, 1.165) is 6.54 Å². The van der Waals surface area contributed by atoms with E-state index in [1.165, 1.54) is 12.8 Å². The van der Waals surface area contributed by atoms with Gasteiger partial charge in [-0.1, -0.05) is 20.3 Å². The highest BCUT2D eigenvalue weighted by Gasteiger charge is 2.20. The van der Waals surface area contributed by atoms with Crippen LogP contribution in [-0.2, 0) is 4.74 Å². The van der Waals surface area contributed by atoms with Crippen molar-refractivity contribution in [2.45, 2.75) is 66.0 Å². The van der Waals surface area contributed by atoms with Crippen LogP contribution in [0.25, 0.3) is 0 Å². The summed E-state index contributed by atoms with van der Waals surface area (Å²) in [4.78, 5) is 13.5. The SMILES string of the molecule is CCCC(C)NCC(C)CN(C)C(=O)OC(C)(C)C. The topological polar surface area (TPSA) is 41.6 Å². The molecule has 0 spiro atoms. The Kier molecular flexibility index (Phi) is 8.07. The predicted molar refractivity (Wildman–Crippen MR) is 80.4 cm³/mol. The number of amides is 1. The number of hydrogen-bond donors (Lipinski definition) is 1. The number of nitrogens with one attached hydrogen (secondary N) is 1. The van der Waals surface area contributed by atoms with Crippen LogP contribution in [0.3, 0.4) is 0 Å². The fraction of sp³-hybridized carbons (Fsp3) is 0.933. The predicted octanol–water partition coefficient (Wildman–Crippen LogP) is 3.27. The summed E-state index contributed by atoms with van der Waals surface area (Å²) in [5.41, 5.74) is -0.428. The minimum Gasteiger partial charge on any atom is -0.444 e. The lowest BCUT2D eigenvalue weighted by Crippen LogP contribution is -2.39. The Morgan fingerprint density at radius 2 is 1.89 bits per heavy atom. The molecule has 0 saturated carbocycles. The van der Waals surface area contributed by atoms with Crippen molar-refractivity contribution in [2.24, 2.45) is 5.92 Å². The summed E-state index contributed by atoms with van der Waals surface area (Å²) < 4.78 is 5.33. The smallest absolute Gasteiger partial charge is 0.410 e. The number of rotatable bonds is 7. The molecule has 1 amide bonds. The number of carbonyl (C=O) groups excluding carboxylic acids is 1. The first-order chi connectivity index (χ1) is 8.65. The van der Waals surface area contributed by atoms with Crippen LogP contribution in [0.5, 0.6) is 0 Å². The monoisotopic (exact) mass is 272 g/mol. The molecule has 0 fully saturated rings. The largest absolute Gasteiger partial charge is 0.444 e. The van der Waals surface area contributed by atoms with E-state index in [4.69, 9.17) is 4.74 Å². The van der Waals surface area contributed by atoms with E-state index in [1.54, 1.807) is 11.9 Å². The zero-order valence-corrected chi connectivity index (χ0v) is 13.7. The van der Waals surface area contributed by atoms with Crippen molar-refractivity contribution in [1.82, 2.24) is 10.2 Å². The van der Waals surface area contributed by atoms with Crippen molar-refractivity contribution in [2.75, 3.05) is 20.1 Å². The minimum absolute atomic E-state index is 0.249. The van der Waals surface area contributed by atoms with Gasteiger partial charge in [-0.2, -0.15) is 0 Å². The van der Waals surface area contributed by atoms with Gasteiger partial charge in [0.05, 0.1) is 0 Å². The first kappa shape index (κ1) is 18.2. The summed E-state index contributed by atoms with van der Waals surface area (Å²) in [6.45, 7) is 13.8. The van der Waals surface area contributed by atoms with E-state index in [1.807, 2.05) is 20.8 Å². The number of hydrogen-bond acceptors (Lipinski definition) is 3. The molecule has 2 atom stereocenters. The number of nitrogens with zero attached hydrogens (tertiary/aromatic N) is 1. The zero-order valence-electron chi connectivity index (χ0n) is 13.7. The van der Waals surface area contributed by atoms with Gasteiger partial charge in [0.1, 0.15) is 5.60 Å². The van der Waals surface area contributed by atoms with E-state index >= 15 is 0 Å². The third kappa shape index (κ3) is 9.77. The van der Waals surface area contributed by atoms with Crippen LogP contribution in [-0.4, -0.2) is 42.8 Å². The Balaban J connectivity index is 3.98. The highest BCUT2D eigenvalue weighted by atomic mass is 16.6. The summed E-state index contributed by atoms with van der Waals surface area (Å²) >= 11 is 0. The first-order valence-corrected chi connectivity index (χ1v) is 7.33. The van der Waals surface area contributed by atoms with Crippen molar-refractivity contribution in [3.63, 3.8) is 0 Å². The molecule has 0 bridgehead atoms. The fourth-order valence-electron chi connectivity index (χ4n) is 1.88. The summed E-state index contributed by atoms with van der Waals surface area (Å²) in [7, 11) is 1.79. The molecule has 0 heterocycles. The van der Waals surface area contributed by atoms with Crippen LogP contribution < -0.4 is 5.32 Å². The lowest BCUT2D eigenvalue weighted by molar-refractivity contribution is 0.0276. The molecule has 0 aromatic rings. The average Bonchev–Trinajstić information content (AvgIpc) is 2.24. The van der Waals surface area contributed by atoms with E-state index in [0.29, 0.717) is 18.5 Å². The molecule has 0 aliphatic heterocycles. The van der Waals surface area contributed by atoms with Crippen LogP contribution in [0.1, 0.15) is 54.4 Å². The molecule has 4 heteroatoms. The van der Waals surface area contributed by atoms with Crippen molar-refractivity contribution < 1.29 is 9.53 Å². The van der Waals surface area contributed by atoms with Gasteiger partial charge in [-0.25, -0.2) is 4.79 Å². The Labute approximate surface area is 118 Å². The highest BCUT2D eigenvalue weighted by molar-refractivity contribution is 5.67. The summed E-state index contributed by atoms with van der Waals surface area (Å²) in [5.74, 6) is 0.414. The van der Waals surface area contributed by atoms with Gasteiger partial charge in [-0.05, 0) is 46.6 Å². The molecule has 2 unspecified atom stereocenters. The summed E-state index contributed by atoms with van der Waals surface area (Å²) in [5, 5.41) is 3.50. The Morgan fingerprint density at radius 1 is 1.32 bits per heavy atom. The lowest BCUT2D eigenvalue weighted by Gasteiger charge is -2.27. The molecular weight excluding hydrogens is 240 g/mol. The van der Waals surface area contributed by atoms with E-state index in [2.05, 4.69) is 26.1 Å². The maximum absolute atomic E-state index is 11.8. The molecular formula is C15H32N2O2. The standard InChI is InChI=1S/C15H32N2O2/c1-8-9-13(3)16-10-12(2)11-17(7)14(18)19-15(4,5)6/h12-13,16H,8-11H2,1-7H3. The highest BCUT2D eigenvalue weighted by Crippen LogP contribution is 2.10. The van der Waals surface area contributed by atoms with Gasteiger partial charge >= 0.3 is 6.09 Å². The van der Waals surface area contributed by atoms with Crippen LogP contribution in [0.2, 0.25) is 0 Å².